The van der Waals surface area contributed by atoms with Crippen molar-refractivity contribution < 1.29 is 0 Å². The molecule has 0 spiro atoms. The predicted octanol–water partition coefficient (Wildman–Crippen LogP) is 1.06. The van der Waals surface area contributed by atoms with E-state index >= 15 is 0 Å². The molecule has 2 heterocycles. The lowest BCUT2D eigenvalue weighted by molar-refractivity contribution is 0.479. The molecular weight excluding hydrogens is 330 g/mol. The van der Waals surface area contributed by atoms with Crippen LogP contribution in [0.1, 0.15) is 18.4 Å². The number of hydrogen-bond acceptors (Lipinski definition) is 5. The van der Waals surface area contributed by atoms with Gasteiger partial charge < -0.3 is 9.80 Å². The molecule has 0 N–H and O–H groups in total. The van der Waals surface area contributed by atoms with Crippen molar-refractivity contribution in [3.8, 4) is 6.07 Å². The fourth-order valence-electron chi connectivity index (χ4n) is 3.66. The molecule has 7 heteroatoms. The quantitative estimate of drug-likeness (QED) is 0.825. The van der Waals surface area contributed by atoms with Crippen LogP contribution in [0.4, 0.5) is 11.5 Å². The molecule has 0 amide bonds. The average molecular weight is 353 g/mol. The summed E-state index contributed by atoms with van der Waals surface area (Å²) in [4.78, 5) is 28.9. The minimum atomic E-state index is -0.548. The van der Waals surface area contributed by atoms with Crippen LogP contribution in [-0.2, 0) is 14.1 Å². The Labute approximate surface area is 152 Å². The van der Waals surface area contributed by atoms with Crippen molar-refractivity contribution in [2.75, 3.05) is 29.9 Å². The Morgan fingerprint density at radius 1 is 1.15 bits per heavy atom. The minimum absolute atomic E-state index is 0.00827. The molecule has 1 aromatic carbocycles. The first-order valence-electron chi connectivity index (χ1n) is 8.68. The molecule has 1 atom stereocenters. The summed E-state index contributed by atoms with van der Waals surface area (Å²) in [5.41, 5.74) is 0.192. The van der Waals surface area contributed by atoms with Gasteiger partial charge in [0.25, 0.3) is 5.56 Å². The summed E-state index contributed by atoms with van der Waals surface area (Å²) in [6.07, 6.45) is 1.94. The standard InChI is InChI=1S/C19H23N5O2/c1-21(17-16(12-20)18(25)23(3)19(26)22(17)2)15-10-7-11-24(13-15)14-8-5-4-6-9-14/h4-6,8-9,15H,7,10-11,13H2,1-3H3. The van der Waals surface area contributed by atoms with Crippen molar-refractivity contribution in [2.24, 2.45) is 14.1 Å². The van der Waals surface area contributed by atoms with Crippen LogP contribution in [0.5, 0.6) is 0 Å². The molecule has 2 aromatic rings. The van der Waals surface area contributed by atoms with E-state index in [1.165, 1.54) is 11.6 Å². The van der Waals surface area contributed by atoms with Gasteiger partial charge in [-0.05, 0) is 25.0 Å². The zero-order valence-corrected chi connectivity index (χ0v) is 15.3. The molecule has 0 aliphatic carbocycles. The lowest BCUT2D eigenvalue weighted by atomic mass is 10.0. The van der Waals surface area contributed by atoms with Gasteiger partial charge in [0.15, 0.2) is 5.56 Å². The van der Waals surface area contributed by atoms with Gasteiger partial charge in [-0.3, -0.25) is 13.9 Å². The lowest BCUT2D eigenvalue weighted by Gasteiger charge is -2.40. The number of nitrogens with zero attached hydrogens (tertiary/aromatic N) is 5. The number of benzene rings is 1. The molecule has 1 saturated heterocycles. The zero-order valence-electron chi connectivity index (χ0n) is 15.3. The van der Waals surface area contributed by atoms with Crippen LogP contribution in [-0.4, -0.2) is 35.3 Å². The molecule has 3 rings (SSSR count). The van der Waals surface area contributed by atoms with Crippen molar-refractivity contribution in [1.29, 1.82) is 5.26 Å². The highest BCUT2D eigenvalue weighted by atomic mass is 16.2. The smallest absolute Gasteiger partial charge is 0.332 e. The van der Waals surface area contributed by atoms with Crippen LogP contribution in [0, 0.1) is 11.3 Å². The van der Waals surface area contributed by atoms with Crippen LogP contribution in [0.15, 0.2) is 39.9 Å². The Bertz CT molecular complexity index is 955. The minimum Gasteiger partial charge on any atom is -0.369 e. The van der Waals surface area contributed by atoms with Crippen molar-refractivity contribution in [3.05, 3.63) is 56.7 Å². The van der Waals surface area contributed by atoms with Gasteiger partial charge in [0, 0.05) is 46.0 Å². The first-order chi connectivity index (χ1) is 12.5. The number of nitriles is 1. The zero-order chi connectivity index (χ0) is 18.8. The first kappa shape index (κ1) is 17.8. The molecule has 136 valence electrons. The molecule has 0 radical (unpaired) electrons. The average Bonchev–Trinajstić information content (AvgIpc) is 2.69. The van der Waals surface area contributed by atoms with Gasteiger partial charge in [-0.1, -0.05) is 18.2 Å². The van der Waals surface area contributed by atoms with Gasteiger partial charge in [0.1, 0.15) is 11.9 Å². The SMILES string of the molecule is CN(c1c(C#N)c(=O)n(C)c(=O)n1C)C1CCCN(c2ccccc2)C1. The highest BCUT2D eigenvalue weighted by Crippen LogP contribution is 2.25. The molecule has 7 nitrogen and oxygen atoms in total. The van der Waals surface area contributed by atoms with Crippen LogP contribution < -0.4 is 21.0 Å². The summed E-state index contributed by atoms with van der Waals surface area (Å²) < 4.78 is 2.37. The maximum Gasteiger partial charge on any atom is 0.332 e. The van der Waals surface area contributed by atoms with E-state index in [1.807, 2.05) is 36.2 Å². The molecule has 0 bridgehead atoms. The second kappa shape index (κ2) is 7.08. The summed E-state index contributed by atoms with van der Waals surface area (Å²) in [6, 6.07) is 12.3. The molecule has 1 aliphatic heterocycles. The largest absolute Gasteiger partial charge is 0.369 e. The highest BCUT2D eigenvalue weighted by Gasteiger charge is 2.28. The van der Waals surface area contributed by atoms with Gasteiger partial charge in [-0.2, -0.15) is 5.26 Å². The van der Waals surface area contributed by atoms with E-state index in [0.717, 1.165) is 36.2 Å². The van der Waals surface area contributed by atoms with Crippen molar-refractivity contribution in [1.82, 2.24) is 9.13 Å². The van der Waals surface area contributed by atoms with Crippen molar-refractivity contribution in [2.45, 2.75) is 18.9 Å². The fourth-order valence-corrected chi connectivity index (χ4v) is 3.66. The molecule has 1 aliphatic rings. The molecule has 26 heavy (non-hydrogen) atoms. The number of hydrogen-bond donors (Lipinski definition) is 0. The maximum absolute atomic E-state index is 12.4. The third-order valence-corrected chi connectivity index (χ3v) is 5.15. The normalized spacial score (nSPS) is 17.0. The number of likely N-dealkylation sites (N-methyl/N-ethyl adjacent to an activating group) is 1. The summed E-state index contributed by atoms with van der Waals surface area (Å²) in [7, 11) is 4.85. The van der Waals surface area contributed by atoms with Crippen molar-refractivity contribution in [3.63, 3.8) is 0 Å². The van der Waals surface area contributed by atoms with Gasteiger partial charge in [0.2, 0.25) is 0 Å². The molecule has 1 aromatic heterocycles. The lowest BCUT2D eigenvalue weighted by Crippen LogP contribution is -2.50. The molecule has 1 unspecified atom stereocenters. The van der Waals surface area contributed by atoms with E-state index in [0.29, 0.717) is 5.82 Å². The van der Waals surface area contributed by atoms with Crippen LogP contribution in [0.25, 0.3) is 0 Å². The van der Waals surface area contributed by atoms with Crippen LogP contribution in [0.3, 0.4) is 0 Å². The van der Waals surface area contributed by atoms with E-state index in [2.05, 4.69) is 17.0 Å². The summed E-state index contributed by atoms with van der Waals surface area (Å²) >= 11 is 0. The second-order valence-corrected chi connectivity index (χ2v) is 6.70. The third kappa shape index (κ3) is 2.99. The van der Waals surface area contributed by atoms with Gasteiger partial charge >= 0.3 is 5.69 Å². The fraction of sp³-hybridized carbons (Fsp3) is 0.421. The van der Waals surface area contributed by atoms with Gasteiger partial charge in [0.05, 0.1) is 0 Å². The Balaban J connectivity index is 1.97. The second-order valence-electron chi connectivity index (χ2n) is 6.70. The van der Waals surface area contributed by atoms with Gasteiger partial charge in [-0.15, -0.1) is 0 Å². The van der Waals surface area contributed by atoms with Crippen molar-refractivity contribution >= 4 is 11.5 Å². The predicted molar refractivity (Wildman–Crippen MR) is 102 cm³/mol. The summed E-state index contributed by atoms with van der Waals surface area (Å²) in [6.45, 7) is 1.74. The Kier molecular flexibility index (Phi) is 4.85. The van der Waals surface area contributed by atoms with Crippen LogP contribution in [0.2, 0.25) is 0 Å². The summed E-state index contributed by atoms with van der Waals surface area (Å²) in [5.74, 6) is 0.389. The first-order valence-corrected chi connectivity index (χ1v) is 8.68. The van der Waals surface area contributed by atoms with Crippen LogP contribution >= 0.6 is 0 Å². The molecule has 1 fully saturated rings. The molecule has 0 saturated carbocycles. The number of anilines is 2. The highest BCUT2D eigenvalue weighted by molar-refractivity contribution is 5.55. The van der Waals surface area contributed by atoms with E-state index in [9.17, 15) is 14.9 Å². The third-order valence-electron chi connectivity index (χ3n) is 5.15. The Morgan fingerprint density at radius 3 is 2.50 bits per heavy atom. The Hall–Kier alpha value is -3.01. The number of aromatic nitrogens is 2. The Morgan fingerprint density at radius 2 is 1.85 bits per heavy atom. The molecular formula is C19H23N5O2. The topological polar surface area (TPSA) is 74.3 Å². The number of piperidine rings is 1. The van der Waals surface area contributed by atoms with Gasteiger partial charge in [-0.25, -0.2) is 4.79 Å². The monoisotopic (exact) mass is 353 g/mol. The maximum atomic E-state index is 12.4. The van der Waals surface area contributed by atoms with E-state index in [1.54, 1.807) is 7.05 Å². The number of rotatable bonds is 3. The summed E-state index contributed by atoms with van der Waals surface area (Å²) in [5, 5.41) is 9.50. The van der Waals surface area contributed by atoms with E-state index < -0.39 is 11.2 Å². The van der Waals surface area contributed by atoms with E-state index in [-0.39, 0.29) is 11.6 Å². The van der Waals surface area contributed by atoms with E-state index in [4.69, 9.17) is 0 Å². The number of para-hydroxylation sites is 1.